The molecule has 2 heterocycles. The number of nitrogens with zero attached hydrogens (tertiary/aromatic N) is 1. The zero-order valence-electron chi connectivity index (χ0n) is 11.7. The molecule has 0 amide bonds. The Labute approximate surface area is 126 Å². The van der Waals surface area contributed by atoms with E-state index >= 15 is 0 Å². The van der Waals surface area contributed by atoms with Crippen LogP contribution in [0.15, 0.2) is 24.3 Å². The lowest BCUT2D eigenvalue weighted by atomic mass is 9.96. The minimum Gasteiger partial charge on any atom is -0.497 e. The normalized spacial score (nSPS) is 30.2. The summed E-state index contributed by atoms with van der Waals surface area (Å²) in [5, 5.41) is 10.7. The largest absolute Gasteiger partial charge is 0.497 e. The van der Waals surface area contributed by atoms with Crippen molar-refractivity contribution in [2.24, 2.45) is 0 Å². The van der Waals surface area contributed by atoms with Gasteiger partial charge >= 0.3 is 0 Å². The van der Waals surface area contributed by atoms with E-state index in [0.29, 0.717) is 19.2 Å². The number of hydrogen-bond donors (Lipinski definition) is 1. The second-order valence-electron chi connectivity index (χ2n) is 5.44. The molecule has 0 radical (unpaired) electrons. The van der Waals surface area contributed by atoms with Crippen LogP contribution in [0.2, 0.25) is 0 Å². The van der Waals surface area contributed by atoms with E-state index in [1.165, 1.54) is 19.3 Å². The molecule has 2 unspecified atom stereocenters. The average molecular weight is 300 g/mol. The zero-order valence-corrected chi connectivity index (χ0v) is 12.6. The predicted octanol–water partition coefficient (Wildman–Crippen LogP) is 2.15. The first-order valence-corrected chi connectivity index (χ1v) is 6.96. The number of hydrogen-bond acceptors (Lipinski definition) is 4. The molecule has 112 valence electrons. The van der Waals surface area contributed by atoms with Crippen LogP contribution in [0.1, 0.15) is 24.8 Å². The van der Waals surface area contributed by atoms with Gasteiger partial charge in [0.25, 0.3) is 0 Å². The quantitative estimate of drug-likeness (QED) is 0.908. The number of rotatable bonds is 2. The fourth-order valence-electron chi connectivity index (χ4n) is 3.04. The van der Waals surface area contributed by atoms with Crippen molar-refractivity contribution in [3.63, 3.8) is 0 Å². The number of fused-ring (bicyclic) bond motifs is 1. The van der Waals surface area contributed by atoms with Gasteiger partial charge in [0.05, 0.1) is 20.3 Å². The van der Waals surface area contributed by atoms with E-state index in [4.69, 9.17) is 9.47 Å². The summed E-state index contributed by atoms with van der Waals surface area (Å²) in [4.78, 5) is 2.36. The smallest absolute Gasteiger partial charge is 0.205 e. The summed E-state index contributed by atoms with van der Waals surface area (Å²) in [5.74, 6) is -0.390. The van der Waals surface area contributed by atoms with Gasteiger partial charge in [-0.25, -0.2) is 0 Å². The third-order valence-corrected chi connectivity index (χ3v) is 4.22. The van der Waals surface area contributed by atoms with Crippen molar-refractivity contribution in [1.29, 1.82) is 0 Å². The molecule has 0 aromatic heterocycles. The molecule has 0 saturated carbocycles. The molecule has 1 N–H and O–H groups in total. The molecule has 2 atom stereocenters. The van der Waals surface area contributed by atoms with Crippen LogP contribution >= 0.6 is 12.4 Å². The van der Waals surface area contributed by atoms with Gasteiger partial charge in [0.2, 0.25) is 5.79 Å². The van der Waals surface area contributed by atoms with Crippen LogP contribution in [0.4, 0.5) is 0 Å². The Morgan fingerprint density at radius 3 is 2.75 bits per heavy atom. The number of ether oxygens (including phenoxy) is 2. The van der Waals surface area contributed by atoms with Crippen molar-refractivity contribution < 1.29 is 14.6 Å². The monoisotopic (exact) mass is 299 g/mol. The van der Waals surface area contributed by atoms with Crippen molar-refractivity contribution in [3.8, 4) is 5.75 Å². The second kappa shape index (κ2) is 6.31. The van der Waals surface area contributed by atoms with E-state index in [0.717, 1.165) is 17.9 Å². The van der Waals surface area contributed by atoms with E-state index in [-0.39, 0.29) is 12.4 Å². The topological polar surface area (TPSA) is 41.9 Å². The van der Waals surface area contributed by atoms with Crippen LogP contribution in [-0.4, -0.2) is 42.9 Å². The molecule has 0 aliphatic carbocycles. The molecule has 2 aliphatic rings. The third kappa shape index (κ3) is 2.93. The number of methoxy groups -OCH3 is 1. The third-order valence-electron chi connectivity index (χ3n) is 4.22. The Kier molecular flexibility index (Phi) is 4.91. The first-order chi connectivity index (χ1) is 9.21. The van der Waals surface area contributed by atoms with Crippen LogP contribution in [0.25, 0.3) is 0 Å². The summed E-state index contributed by atoms with van der Waals surface area (Å²) in [6.45, 7) is 2.24. The van der Waals surface area contributed by atoms with E-state index in [2.05, 4.69) is 4.90 Å². The number of benzene rings is 1. The molecule has 0 bridgehead atoms. The molecule has 1 aromatic rings. The fourth-order valence-corrected chi connectivity index (χ4v) is 3.04. The van der Waals surface area contributed by atoms with E-state index in [1.807, 2.05) is 24.3 Å². The van der Waals surface area contributed by atoms with E-state index < -0.39 is 5.79 Å². The SMILES string of the molecule is COc1ccc(C2(O)CN3CCCCC3CO2)cc1.Cl. The van der Waals surface area contributed by atoms with Crippen LogP contribution in [0.5, 0.6) is 5.75 Å². The maximum atomic E-state index is 10.7. The summed E-state index contributed by atoms with van der Waals surface area (Å²) < 4.78 is 10.9. The van der Waals surface area contributed by atoms with Crippen LogP contribution in [-0.2, 0) is 10.5 Å². The molecule has 3 rings (SSSR count). The molecule has 5 heteroatoms. The van der Waals surface area contributed by atoms with E-state index in [9.17, 15) is 5.11 Å². The molecule has 4 nitrogen and oxygen atoms in total. The Bertz CT molecular complexity index is 439. The fraction of sp³-hybridized carbons (Fsp3) is 0.600. The van der Waals surface area contributed by atoms with E-state index in [1.54, 1.807) is 7.11 Å². The van der Waals surface area contributed by atoms with Gasteiger partial charge in [-0.15, -0.1) is 12.4 Å². The van der Waals surface area contributed by atoms with Gasteiger partial charge < -0.3 is 14.6 Å². The minimum absolute atomic E-state index is 0. The number of halogens is 1. The van der Waals surface area contributed by atoms with Crippen molar-refractivity contribution in [1.82, 2.24) is 4.90 Å². The van der Waals surface area contributed by atoms with Crippen LogP contribution in [0, 0.1) is 0 Å². The molecule has 2 fully saturated rings. The number of aliphatic hydroxyl groups is 1. The van der Waals surface area contributed by atoms with Gasteiger partial charge in [-0.05, 0) is 43.7 Å². The van der Waals surface area contributed by atoms with Gasteiger partial charge in [0.1, 0.15) is 5.75 Å². The van der Waals surface area contributed by atoms with Gasteiger partial charge in [0, 0.05) is 11.6 Å². The highest BCUT2D eigenvalue weighted by Crippen LogP contribution is 2.33. The Morgan fingerprint density at radius 2 is 2.05 bits per heavy atom. The molecule has 0 spiro atoms. The van der Waals surface area contributed by atoms with Gasteiger partial charge in [-0.2, -0.15) is 0 Å². The summed E-state index contributed by atoms with van der Waals surface area (Å²) in [5.41, 5.74) is 0.803. The Hall–Kier alpha value is -0.810. The predicted molar refractivity (Wildman–Crippen MR) is 79.3 cm³/mol. The molecule has 20 heavy (non-hydrogen) atoms. The maximum absolute atomic E-state index is 10.7. The van der Waals surface area contributed by atoms with Gasteiger partial charge in [0.15, 0.2) is 0 Å². The lowest BCUT2D eigenvalue weighted by molar-refractivity contribution is -0.264. The highest BCUT2D eigenvalue weighted by Gasteiger charge is 2.41. The lowest BCUT2D eigenvalue weighted by Crippen LogP contribution is -2.56. The molecular weight excluding hydrogens is 278 g/mol. The molecule has 2 saturated heterocycles. The molecular formula is C15H22ClNO3. The number of piperidine rings is 1. The van der Waals surface area contributed by atoms with Crippen molar-refractivity contribution >= 4 is 12.4 Å². The standard InChI is InChI=1S/C15H21NO3.ClH/c1-18-14-7-5-12(6-8-14)15(17)11-16-9-3-2-4-13(16)10-19-15;/h5-8,13,17H,2-4,9-11H2,1H3;1H. The molecule has 1 aromatic carbocycles. The summed E-state index contributed by atoms with van der Waals surface area (Å²) in [6.07, 6.45) is 3.67. The maximum Gasteiger partial charge on any atom is 0.205 e. The lowest BCUT2D eigenvalue weighted by Gasteiger charge is -2.46. The van der Waals surface area contributed by atoms with Crippen LogP contribution < -0.4 is 4.74 Å². The van der Waals surface area contributed by atoms with Crippen molar-refractivity contribution in [2.75, 3.05) is 26.8 Å². The van der Waals surface area contributed by atoms with Gasteiger partial charge in [-0.1, -0.05) is 6.42 Å². The highest BCUT2D eigenvalue weighted by atomic mass is 35.5. The summed E-state index contributed by atoms with van der Waals surface area (Å²) >= 11 is 0. The Morgan fingerprint density at radius 1 is 1.30 bits per heavy atom. The van der Waals surface area contributed by atoms with Crippen molar-refractivity contribution in [3.05, 3.63) is 29.8 Å². The van der Waals surface area contributed by atoms with Crippen LogP contribution in [0.3, 0.4) is 0 Å². The summed E-state index contributed by atoms with van der Waals surface area (Å²) in [7, 11) is 1.64. The van der Waals surface area contributed by atoms with Gasteiger partial charge in [-0.3, -0.25) is 4.90 Å². The second-order valence-corrected chi connectivity index (χ2v) is 5.44. The zero-order chi connectivity index (χ0) is 13.3. The summed E-state index contributed by atoms with van der Waals surface area (Å²) in [6, 6.07) is 7.96. The highest BCUT2D eigenvalue weighted by molar-refractivity contribution is 5.85. The minimum atomic E-state index is -1.18. The Balaban J connectivity index is 0.00000147. The first kappa shape index (κ1) is 15.6. The van der Waals surface area contributed by atoms with Crippen molar-refractivity contribution in [2.45, 2.75) is 31.1 Å². The number of morpholine rings is 1. The first-order valence-electron chi connectivity index (χ1n) is 6.96. The molecule has 2 aliphatic heterocycles. The average Bonchev–Trinajstić information content (AvgIpc) is 2.47.